The minimum absolute atomic E-state index is 0.0109. The number of halogens is 3. The van der Waals surface area contributed by atoms with Crippen molar-refractivity contribution in [3.05, 3.63) is 40.5 Å². The number of aromatic nitrogens is 1. The van der Waals surface area contributed by atoms with E-state index >= 15 is 0 Å². The van der Waals surface area contributed by atoms with E-state index in [-0.39, 0.29) is 16.8 Å². The van der Waals surface area contributed by atoms with Gasteiger partial charge in [-0.05, 0) is 32.0 Å². The summed E-state index contributed by atoms with van der Waals surface area (Å²) < 4.78 is 46.3. The van der Waals surface area contributed by atoms with E-state index in [1.54, 1.807) is 0 Å². The summed E-state index contributed by atoms with van der Waals surface area (Å²) in [6.45, 7) is 2.81. The molecule has 1 unspecified atom stereocenters. The normalized spacial score (nSPS) is 31.1. The van der Waals surface area contributed by atoms with Gasteiger partial charge in [-0.3, -0.25) is 4.57 Å². The molecule has 7 nitrogen and oxygen atoms in total. The van der Waals surface area contributed by atoms with Crippen LogP contribution in [0.5, 0.6) is 11.8 Å². The molecule has 0 aliphatic carbocycles. The number of aromatic hydroxyl groups is 2. The average molecular weight is 396 g/mol. The second-order valence-electron chi connectivity index (χ2n) is 7.28. The van der Waals surface area contributed by atoms with E-state index in [2.05, 4.69) is 0 Å². The standard InChI is InChI=1S/C18H15F3N2O5/c1-16-10-11(17(2,28-16)13(25)12(16)24)15(27)23(14(10)26)8-4-3-7(6-22)9(5-8)18(19,20)21/h3-5,12-13,24-27H,1-2H3/t12-,13?,16+,17-/m1/s1. The lowest BCUT2D eigenvalue weighted by Gasteiger charge is -2.29. The van der Waals surface area contributed by atoms with Gasteiger partial charge in [-0.15, -0.1) is 0 Å². The zero-order valence-corrected chi connectivity index (χ0v) is 14.6. The lowest BCUT2D eigenvalue weighted by molar-refractivity contribution is -0.137. The number of fused-ring (bicyclic) bond motifs is 5. The molecule has 0 saturated carbocycles. The van der Waals surface area contributed by atoms with Crippen LogP contribution in [0.25, 0.3) is 5.69 Å². The highest BCUT2D eigenvalue weighted by Crippen LogP contribution is 2.64. The van der Waals surface area contributed by atoms with E-state index in [4.69, 9.17) is 10.00 Å². The molecule has 4 atom stereocenters. The van der Waals surface area contributed by atoms with E-state index in [0.717, 1.165) is 16.7 Å². The minimum Gasteiger partial charge on any atom is -0.494 e. The SMILES string of the molecule is C[C@]12O[C@](C)(c3c1c(O)n(-c1ccc(C#N)c(C(F)(F)F)c1)c3O)C(O)[C@H]2O. The van der Waals surface area contributed by atoms with Gasteiger partial charge in [0.1, 0.15) is 23.4 Å². The number of hydrogen-bond donors (Lipinski definition) is 4. The Morgan fingerprint density at radius 1 is 1.07 bits per heavy atom. The number of alkyl halides is 3. The summed E-state index contributed by atoms with van der Waals surface area (Å²) in [5.41, 5.74) is -5.22. The Hall–Kier alpha value is -2.74. The Morgan fingerprint density at radius 2 is 1.57 bits per heavy atom. The fourth-order valence-corrected chi connectivity index (χ4v) is 4.30. The van der Waals surface area contributed by atoms with Crippen LogP contribution in [0, 0.1) is 11.3 Å². The van der Waals surface area contributed by atoms with E-state index < -0.39 is 52.5 Å². The molecule has 3 heterocycles. The molecule has 0 amide bonds. The van der Waals surface area contributed by atoms with Crippen LogP contribution in [0.3, 0.4) is 0 Å². The molecule has 1 aromatic carbocycles. The van der Waals surface area contributed by atoms with Gasteiger partial charge < -0.3 is 25.2 Å². The molecule has 2 bridgehead atoms. The topological polar surface area (TPSA) is 119 Å². The van der Waals surface area contributed by atoms with Crippen LogP contribution < -0.4 is 0 Å². The van der Waals surface area contributed by atoms with Crippen LogP contribution >= 0.6 is 0 Å². The predicted octanol–water partition coefficient (Wildman–Crippen LogP) is 1.97. The first kappa shape index (κ1) is 18.6. The number of rotatable bonds is 1. The van der Waals surface area contributed by atoms with Gasteiger partial charge in [-0.2, -0.15) is 18.4 Å². The number of nitrogens with zero attached hydrogens (tertiary/aromatic N) is 2. The van der Waals surface area contributed by atoms with Crippen molar-refractivity contribution in [2.75, 3.05) is 0 Å². The van der Waals surface area contributed by atoms with Gasteiger partial charge in [0.15, 0.2) is 0 Å². The molecule has 10 heteroatoms. The molecule has 1 saturated heterocycles. The summed E-state index contributed by atoms with van der Waals surface area (Å²) in [6.07, 6.45) is -7.66. The Morgan fingerprint density at radius 3 is 2.00 bits per heavy atom. The van der Waals surface area contributed by atoms with Crippen molar-refractivity contribution in [2.45, 2.75) is 43.4 Å². The molecule has 4 rings (SSSR count). The third kappa shape index (κ3) is 1.98. The van der Waals surface area contributed by atoms with Crippen molar-refractivity contribution < 1.29 is 38.3 Å². The number of aliphatic hydroxyl groups is 2. The van der Waals surface area contributed by atoms with Crippen molar-refractivity contribution in [2.24, 2.45) is 0 Å². The van der Waals surface area contributed by atoms with Crippen LogP contribution in [0.1, 0.15) is 36.1 Å². The molecular weight excluding hydrogens is 381 g/mol. The Kier molecular flexibility index (Phi) is 3.45. The number of aliphatic hydroxyl groups excluding tert-OH is 2. The molecule has 2 aliphatic rings. The zero-order chi connectivity index (χ0) is 20.8. The number of nitriles is 1. The molecule has 4 N–H and O–H groups in total. The fraction of sp³-hybridized carbons (Fsp3) is 0.389. The van der Waals surface area contributed by atoms with Crippen LogP contribution in [-0.4, -0.2) is 37.2 Å². The monoisotopic (exact) mass is 396 g/mol. The summed E-state index contributed by atoms with van der Waals surface area (Å²) in [5, 5.41) is 50.9. The summed E-state index contributed by atoms with van der Waals surface area (Å²) in [4.78, 5) is 0. The first-order valence-electron chi connectivity index (χ1n) is 8.23. The van der Waals surface area contributed by atoms with E-state index in [0.29, 0.717) is 6.07 Å². The van der Waals surface area contributed by atoms with Crippen LogP contribution in [0.15, 0.2) is 18.2 Å². The van der Waals surface area contributed by atoms with Gasteiger partial charge in [0.2, 0.25) is 11.8 Å². The highest BCUT2D eigenvalue weighted by molar-refractivity contribution is 5.63. The number of benzene rings is 1. The van der Waals surface area contributed by atoms with Crippen molar-refractivity contribution in [1.82, 2.24) is 4.57 Å². The molecular formula is C18H15F3N2O5. The Bertz CT molecular complexity index is 1010. The average Bonchev–Trinajstić information content (AvgIpc) is 3.10. The minimum atomic E-state index is -4.82. The largest absolute Gasteiger partial charge is 0.494 e. The third-order valence-electron chi connectivity index (χ3n) is 5.65. The van der Waals surface area contributed by atoms with Crippen LogP contribution in [0.2, 0.25) is 0 Å². The van der Waals surface area contributed by atoms with Crippen molar-refractivity contribution in [3.63, 3.8) is 0 Å². The van der Waals surface area contributed by atoms with Gasteiger partial charge in [0, 0.05) is 0 Å². The molecule has 1 fully saturated rings. The quantitative estimate of drug-likeness (QED) is 0.585. The van der Waals surface area contributed by atoms with E-state index in [1.807, 2.05) is 0 Å². The van der Waals surface area contributed by atoms with Gasteiger partial charge in [-0.25, -0.2) is 0 Å². The maximum absolute atomic E-state index is 13.3. The molecule has 2 aromatic rings. The maximum atomic E-state index is 13.3. The summed E-state index contributed by atoms with van der Waals surface area (Å²) in [7, 11) is 0. The number of hydrogen-bond acceptors (Lipinski definition) is 6. The first-order valence-corrected chi connectivity index (χ1v) is 8.23. The summed E-state index contributed by atoms with van der Waals surface area (Å²) in [6, 6.07) is 4.16. The fourth-order valence-electron chi connectivity index (χ4n) is 4.30. The first-order chi connectivity index (χ1) is 12.9. The van der Waals surface area contributed by atoms with Crippen molar-refractivity contribution in [3.8, 4) is 23.5 Å². The van der Waals surface area contributed by atoms with E-state index in [1.165, 1.54) is 19.9 Å². The lowest BCUT2D eigenvalue weighted by Crippen LogP contribution is -2.44. The number of ether oxygens (including phenoxy) is 1. The zero-order valence-electron chi connectivity index (χ0n) is 14.6. The second kappa shape index (κ2) is 5.20. The predicted molar refractivity (Wildman–Crippen MR) is 86.6 cm³/mol. The molecule has 0 radical (unpaired) electrons. The lowest BCUT2D eigenvalue weighted by atomic mass is 9.76. The van der Waals surface area contributed by atoms with E-state index in [9.17, 15) is 33.6 Å². The van der Waals surface area contributed by atoms with Crippen LogP contribution in [0.4, 0.5) is 13.2 Å². The Labute approximate surface area is 156 Å². The Balaban J connectivity index is 1.99. The summed E-state index contributed by atoms with van der Waals surface area (Å²) in [5.74, 6) is -1.25. The van der Waals surface area contributed by atoms with Crippen molar-refractivity contribution >= 4 is 0 Å². The van der Waals surface area contributed by atoms with Gasteiger partial charge in [0.05, 0.1) is 34.0 Å². The van der Waals surface area contributed by atoms with Crippen LogP contribution in [-0.2, 0) is 22.1 Å². The van der Waals surface area contributed by atoms with Gasteiger partial charge in [0.25, 0.3) is 0 Å². The molecule has 1 aromatic heterocycles. The van der Waals surface area contributed by atoms with Gasteiger partial charge in [-0.1, -0.05) is 0 Å². The molecule has 2 aliphatic heterocycles. The third-order valence-corrected chi connectivity index (χ3v) is 5.65. The van der Waals surface area contributed by atoms with Crippen molar-refractivity contribution in [1.29, 1.82) is 5.26 Å². The van der Waals surface area contributed by atoms with Gasteiger partial charge >= 0.3 is 6.18 Å². The highest BCUT2D eigenvalue weighted by Gasteiger charge is 2.69. The maximum Gasteiger partial charge on any atom is 0.417 e. The smallest absolute Gasteiger partial charge is 0.417 e. The molecule has 148 valence electrons. The second-order valence-corrected chi connectivity index (χ2v) is 7.28. The molecule has 28 heavy (non-hydrogen) atoms. The summed E-state index contributed by atoms with van der Waals surface area (Å²) >= 11 is 0. The highest BCUT2D eigenvalue weighted by atomic mass is 19.4. The molecule has 0 spiro atoms.